The molecule has 0 aliphatic carbocycles. The normalized spacial score (nSPS) is 11.6. The molecule has 0 aliphatic rings. The first kappa shape index (κ1) is 17.2. The lowest BCUT2D eigenvalue weighted by Gasteiger charge is -2.14. The van der Waals surface area contributed by atoms with Crippen molar-refractivity contribution >= 4 is 21.2 Å². The Kier molecular flexibility index (Phi) is 4.16. The van der Waals surface area contributed by atoms with Gasteiger partial charge in [-0.3, -0.25) is 4.72 Å². The predicted octanol–water partition coefficient (Wildman–Crippen LogP) is 4.25. The molecule has 2 aromatic carbocycles. The third kappa shape index (κ3) is 3.17. The molecule has 0 spiro atoms. The standard InChI is InChI=1S/C20H16FN3O2S/c1-14-6-4-9-17(15-7-5-8-16(21)12-15)20(14)27(25,26)23-18-13-22-24-11-3-2-10-19(18)24/h2-13,23H,1H3. The van der Waals surface area contributed by atoms with Crippen molar-refractivity contribution in [1.82, 2.24) is 9.61 Å². The summed E-state index contributed by atoms with van der Waals surface area (Å²) in [5.41, 5.74) is 2.53. The summed E-state index contributed by atoms with van der Waals surface area (Å²) in [6, 6.07) is 16.4. The fraction of sp³-hybridized carbons (Fsp3) is 0.0500. The van der Waals surface area contributed by atoms with E-state index in [1.54, 1.807) is 60.1 Å². The lowest BCUT2D eigenvalue weighted by Crippen LogP contribution is -2.15. The zero-order valence-electron chi connectivity index (χ0n) is 14.4. The van der Waals surface area contributed by atoms with E-state index in [2.05, 4.69) is 9.82 Å². The van der Waals surface area contributed by atoms with E-state index in [1.807, 2.05) is 6.07 Å². The predicted molar refractivity (Wildman–Crippen MR) is 103 cm³/mol. The number of nitrogens with one attached hydrogen (secondary N) is 1. The Labute approximate surface area is 156 Å². The third-order valence-corrected chi connectivity index (χ3v) is 5.86. The van der Waals surface area contributed by atoms with Crippen LogP contribution in [0, 0.1) is 12.7 Å². The number of benzene rings is 2. The van der Waals surface area contributed by atoms with Crippen molar-refractivity contribution < 1.29 is 12.8 Å². The van der Waals surface area contributed by atoms with Crippen LogP contribution in [-0.2, 0) is 10.0 Å². The number of hydrogen-bond acceptors (Lipinski definition) is 3. The van der Waals surface area contributed by atoms with Crippen LogP contribution in [0.4, 0.5) is 10.1 Å². The highest BCUT2D eigenvalue weighted by Gasteiger charge is 2.23. The molecule has 2 heterocycles. The van der Waals surface area contributed by atoms with Gasteiger partial charge in [0.05, 0.1) is 22.3 Å². The van der Waals surface area contributed by atoms with Crippen LogP contribution in [0.3, 0.4) is 0 Å². The maximum absolute atomic E-state index is 13.7. The summed E-state index contributed by atoms with van der Waals surface area (Å²) in [6.45, 7) is 1.72. The first-order valence-electron chi connectivity index (χ1n) is 8.26. The van der Waals surface area contributed by atoms with Gasteiger partial charge in [-0.25, -0.2) is 17.3 Å². The molecule has 2 aromatic heterocycles. The highest BCUT2D eigenvalue weighted by Crippen LogP contribution is 2.32. The highest BCUT2D eigenvalue weighted by molar-refractivity contribution is 7.93. The first-order valence-corrected chi connectivity index (χ1v) is 9.75. The number of rotatable bonds is 4. The molecule has 136 valence electrons. The van der Waals surface area contributed by atoms with Gasteiger partial charge in [-0.15, -0.1) is 0 Å². The summed E-state index contributed by atoms with van der Waals surface area (Å²) < 4.78 is 44.3. The van der Waals surface area contributed by atoms with E-state index in [0.29, 0.717) is 27.9 Å². The minimum Gasteiger partial charge on any atom is -0.276 e. The van der Waals surface area contributed by atoms with Crippen LogP contribution in [-0.4, -0.2) is 18.0 Å². The Bertz CT molecular complexity index is 1250. The van der Waals surface area contributed by atoms with Crippen LogP contribution < -0.4 is 4.72 Å². The number of halogens is 1. The van der Waals surface area contributed by atoms with Gasteiger partial charge in [0, 0.05) is 11.8 Å². The van der Waals surface area contributed by atoms with Crippen LogP contribution >= 0.6 is 0 Å². The number of anilines is 1. The van der Waals surface area contributed by atoms with Gasteiger partial charge in [0.25, 0.3) is 10.0 Å². The van der Waals surface area contributed by atoms with Crippen LogP contribution in [0.25, 0.3) is 16.6 Å². The second kappa shape index (κ2) is 6.51. The zero-order valence-corrected chi connectivity index (χ0v) is 15.2. The number of fused-ring (bicyclic) bond motifs is 1. The van der Waals surface area contributed by atoms with Gasteiger partial charge in [0.1, 0.15) is 5.82 Å². The molecule has 0 unspecified atom stereocenters. The number of pyridine rings is 1. The van der Waals surface area contributed by atoms with E-state index in [4.69, 9.17) is 0 Å². The quantitative estimate of drug-likeness (QED) is 0.575. The van der Waals surface area contributed by atoms with E-state index < -0.39 is 15.8 Å². The molecule has 0 atom stereocenters. The van der Waals surface area contributed by atoms with Crippen molar-refractivity contribution in [1.29, 1.82) is 0 Å². The molecule has 1 N–H and O–H groups in total. The largest absolute Gasteiger partial charge is 0.276 e. The van der Waals surface area contributed by atoms with Gasteiger partial charge < -0.3 is 0 Å². The molecule has 5 nitrogen and oxygen atoms in total. The monoisotopic (exact) mass is 381 g/mol. The third-order valence-electron chi connectivity index (χ3n) is 4.29. The Morgan fingerprint density at radius 1 is 1.04 bits per heavy atom. The highest BCUT2D eigenvalue weighted by atomic mass is 32.2. The van der Waals surface area contributed by atoms with Gasteiger partial charge in [0.15, 0.2) is 0 Å². The summed E-state index contributed by atoms with van der Waals surface area (Å²) in [5, 5.41) is 4.15. The molecule has 0 amide bonds. The Balaban J connectivity index is 1.85. The smallest absolute Gasteiger partial charge is 0.262 e. The average Bonchev–Trinajstić information content (AvgIpc) is 3.04. The fourth-order valence-corrected chi connectivity index (χ4v) is 4.62. The van der Waals surface area contributed by atoms with Crippen molar-refractivity contribution in [2.75, 3.05) is 4.72 Å². The number of hydrogen-bond donors (Lipinski definition) is 1. The van der Waals surface area contributed by atoms with Crippen LogP contribution in [0.1, 0.15) is 5.56 Å². The molecule has 0 fully saturated rings. The number of aromatic nitrogens is 2. The van der Waals surface area contributed by atoms with Gasteiger partial charge in [0.2, 0.25) is 0 Å². The fourth-order valence-electron chi connectivity index (χ4n) is 3.10. The minimum absolute atomic E-state index is 0.117. The van der Waals surface area contributed by atoms with E-state index in [0.717, 1.165) is 0 Å². The molecule has 4 aromatic rings. The van der Waals surface area contributed by atoms with E-state index >= 15 is 0 Å². The summed E-state index contributed by atoms with van der Waals surface area (Å²) in [5.74, 6) is -0.423. The summed E-state index contributed by atoms with van der Waals surface area (Å²) in [7, 11) is -3.92. The molecule has 0 bridgehead atoms. The number of aryl methyl sites for hydroxylation is 1. The van der Waals surface area contributed by atoms with E-state index in [-0.39, 0.29) is 4.90 Å². The molecule has 0 radical (unpaired) electrons. The van der Waals surface area contributed by atoms with E-state index in [1.165, 1.54) is 18.3 Å². The molecule has 0 aliphatic heterocycles. The lowest BCUT2D eigenvalue weighted by atomic mass is 10.0. The van der Waals surface area contributed by atoms with Crippen LogP contribution in [0.2, 0.25) is 0 Å². The molecule has 4 rings (SSSR count). The van der Waals surface area contributed by atoms with Crippen molar-refractivity contribution in [3.8, 4) is 11.1 Å². The number of sulfonamides is 1. The summed E-state index contributed by atoms with van der Waals surface area (Å²) >= 11 is 0. The Morgan fingerprint density at radius 2 is 1.85 bits per heavy atom. The van der Waals surface area contributed by atoms with Crippen molar-refractivity contribution in [2.24, 2.45) is 0 Å². The second-order valence-corrected chi connectivity index (χ2v) is 7.78. The van der Waals surface area contributed by atoms with Crippen molar-refractivity contribution in [3.63, 3.8) is 0 Å². The Morgan fingerprint density at radius 3 is 2.67 bits per heavy atom. The van der Waals surface area contributed by atoms with Crippen molar-refractivity contribution in [2.45, 2.75) is 11.8 Å². The van der Waals surface area contributed by atoms with Gasteiger partial charge in [-0.1, -0.05) is 36.4 Å². The molecular weight excluding hydrogens is 365 g/mol. The summed E-state index contributed by atoms with van der Waals surface area (Å²) in [4.78, 5) is 0.117. The molecule has 7 heteroatoms. The molecule has 0 saturated carbocycles. The van der Waals surface area contributed by atoms with Crippen molar-refractivity contribution in [3.05, 3.63) is 84.4 Å². The number of nitrogens with zero attached hydrogens (tertiary/aromatic N) is 2. The SMILES string of the molecule is Cc1cccc(-c2cccc(F)c2)c1S(=O)(=O)Nc1cnn2ccccc12. The summed E-state index contributed by atoms with van der Waals surface area (Å²) in [6.07, 6.45) is 3.20. The molecular formula is C20H16FN3O2S. The van der Waals surface area contributed by atoms with Gasteiger partial charge in [-0.05, 0) is 42.3 Å². The minimum atomic E-state index is -3.92. The topological polar surface area (TPSA) is 63.5 Å². The van der Waals surface area contributed by atoms with Gasteiger partial charge in [-0.2, -0.15) is 5.10 Å². The zero-order chi connectivity index (χ0) is 19.0. The second-order valence-electron chi connectivity index (χ2n) is 6.16. The van der Waals surface area contributed by atoms with E-state index in [9.17, 15) is 12.8 Å². The molecule has 0 saturated heterocycles. The van der Waals surface area contributed by atoms with Gasteiger partial charge >= 0.3 is 0 Å². The maximum atomic E-state index is 13.7. The average molecular weight is 381 g/mol. The molecule has 27 heavy (non-hydrogen) atoms. The van der Waals surface area contributed by atoms with Crippen LogP contribution in [0.15, 0.2) is 78.0 Å². The first-order chi connectivity index (χ1) is 13.0. The Hall–Kier alpha value is -3.19. The van der Waals surface area contributed by atoms with Crippen LogP contribution in [0.5, 0.6) is 0 Å². The lowest BCUT2D eigenvalue weighted by molar-refractivity contribution is 0.601. The maximum Gasteiger partial charge on any atom is 0.262 e.